The number of sulfone groups is 1. The number of ether oxygens (including phenoxy) is 2. The fraction of sp³-hybridized carbons (Fsp3) is 0.457. The Hall–Kier alpha value is -3.43. The van der Waals surface area contributed by atoms with Crippen LogP contribution >= 0.6 is 0 Å². The highest BCUT2D eigenvalue weighted by molar-refractivity contribution is 7.92. The van der Waals surface area contributed by atoms with E-state index in [1.54, 1.807) is 0 Å². The molecule has 1 heterocycles. The number of hydrogen-bond donors (Lipinski definition) is 0. The summed E-state index contributed by atoms with van der Waals surface area (Å²) in [5, 5.41) is 0. The van der Waals surface area contributed by atoms with Gasteiger partial charge >= 0.3 is 12.4 Å². The van der Waals surface area contributed by atoms with Crippen molar-refractivity contribution in [2.45, 2.75) is 79.1 Å². The van der Waals surface area contributed by atoms with Gasteiger partial charge in [-0.25, -0.2) is 21.6 Å². The van der Waals surface area contributed by atoms with E-state index in [0.717, 1.165) is 42.5 Å². The maximum Gasteiger partial charge on any atom is 0.430 e. The van der Waals surface area contributed by atoms with Gasteiger partial charge < -0.3 is 9.47 Å². The van der Waals surface area contributed by atoms with Crippen LogP contribution in [-0.4, -0.2) is 39.8 Å². The van der Waals surface area contributed by atoms with Crippen LogP contribution in [0.4, 0.5) is 39.5 Å². The summed E-state index contributed by atoms with van der Waals surface area (Å²) in [6.45, 7) is -0.841. The van der Waals surface area contributed by atoms with Gasteiger partial charge in [0.15, 0.2) is 9.84 Å². The highest BCUT2D eigenvalue weighted by Crippen LogP contribution is 2.55. The van der Waals surface area contributed by atoms with Crippen molar-refractivity contribution < 1.29 is 62.2 Å². The minimum absolute atomic E-state index is 0.0162. The van der Waals surface area contributed by atoms with E-state index in [0.29, 0.717) is 50.3 Å². The molecule has 1 saturated heterocycles. The van der Waals surface area contributed by atoms with Crippen LogP contribution < -0.4 is 0 Å². The van der Waals surface area contributed by atoms with Crippen molar-refractivity contribution in [3.05, 3.63) is 101 Å². The monoisotopic (exact) mass is 736 g/mol. The Morgan fingerprint density at radius 3 is 1.84 bits per heavy atom. The second-order valence-corrected chi connectivity index (χ2v) is 15.0. The number of alkyl halides is 6. The van der Waals surface area contributed by atoms with Gasteiger partial charge in [0.25, 0.3) is 5.60 Å². The minimum Gasteiger partial charge on any atom is -0.381 e. The smallest absolute Gasteiger partial charge is 0.381 e. The number of rotatable bonds is 10. The van der Waals surface area contributed by atoms with E-state index in [-0.39, 0.29) is 60.2 Å². The maximum atomic E-state index is 14.5. The molecule has 0 radical (unpaired) electrons. The van der Waals surface area contributed by atoms with Gasteiger partial charge in [-0.1, -0.05) is 30.3 Å². The van der Waals surface area contributed by atoms with Crippen LogP contribution in [0.2, 0.25) is 0 Å². The Labute approximate surface area is 282 Å². The first-order valence-corrected chi connectivity index (χ1v) is 17.3. The molecular weight excluding hydrogens is 703 g/mol. The molecule has 5 rings (SSSR count). The fourth-order valence-corrected chi connectivity index (χ4v) is 9.13. The Morgan fingerprint density at radius 2 is 1.32 bits per heavy atom. The van der Waals surface area contributed by atoms with Gasteiger partial charge in [-0.2, -0.15) is 26.3 Å². The Morgan fingerprint density at radius 1 is 0.780 bits per heavy atom. The summed E-state index contributed by atoms with van der Waals surface area (Å²) in [5.41, 5.74) is -7.84. The lowest BCUT2D eigenvalue weighted by Crippen LogP contribution is -2.56. The van der Waals surface area contributed by atoms with Gasteiger partial charge in [0.05, 0.1) is 11.5 Å². The molecule has 272 valence electrons. The van der Waals surface area contributed by atoms with Crippen LogP contribution in [0.15, 0.2) is 71.6 Å². The highest BCUT2D eigenvalue weighted by atomic mass is 32.2. The van der Waals surface area contributed by atoms with Crippen molar-refractivity contribution >= 4 is 15.6 Å². The van der Waals surface area contributed by atoms with Crippen LogP contribution in [0, 0.1) is 29.3 Å². The number of halogens is 9. The van der Waals surface area contributed by atoms with Crippen molar-refractivity contribution in [1.82, 2.24) is 0 Å². The fourth-order valence-electron chi connectivity index (χ4n) is 6.97. The number of carbonyl (C=O) groups is 1. The lowest BCUT2D eigenvalue weighted by Gasteiger charge is -2.41. The topological polar surface area (TPSA) is 69.7 Å². The van der Waals surface area contributed by atoms with E-state index < -0.39 is 67.7 Å². The molecule has 3 aromatic rings. The second-order valence-electron chi connectivity index (χ2n) is 12.7. The third kappa shape index (κ3) is 7.05. The largest absolute Gasteiger partial charge is 0.430 e. The van der Waals surface area contributed by atoms with E-state index in [1.165, 1.54) is 0 Å². The van der Waals surface area contributed by atoms with Gasteiger partial charge in [0.2, 0.25) is 0 Å². The normalized spacial score (nSPS) is 21.3. The van der Waals surface area contributed by atoms with Gasteiger partial charge in [-0.15, -0.1) is 0 Å². The molecule has 0 aromatic heterocycles. The molecule has 5 nitrogen and oxygen atoms in total. The van der Waals surface area contributed by atoms with Crippen LogP contribution in [-0.2, 0) is 41.1 Å². The highest BCUT2D eigenvalue weighted by Gasteiger charge is 2.73. The summed E-state index contributed by atoms with van der Waals surface area (Å²) >= 11 is 0. The predicted molar refractivity (Wildman–Crippen MR) is 162 cm³/mol. The first-order valence-electron chi connectivity index (χ1n) is 15.8. The van der Waals surface area contributed by atoms with Gasteiger partial charge in [0.1, 0.15) is 28.0 Å². The number of benzene rings is 3. The van der Waals surface area contributed by atoms with E-state index in [2.05, 4.69) is 4.74 Å². The molecule has 1 aliphatic carbocycles. The van der Waals surface area contributed by atoms with Crippen molar-refractivity contribution in [2.24, 2.45) is 11.8 Å². The first-order chi connectivity index (χ1) is 23.4. The first kappa shape index (κ1) is 37.8. The summed E-state index contributed by atoms with van der Waals surface area (Å²) < 4.78 is 166. The van der Waals surface area contributed by atoms with Crippen LogP contribution in [0.5, 0.6) is 0 Å². The summed E-state index contributed by atoms with van der Waals surface area (Å²) in [7, 11) is -4.45. The summed E-state index contributed by atoms with van der Waals surface area (Å²) in [4.78, 5) is 12.7. The molecule has 0 amide bonds. The number of carbonyl (C=O) groups excluding carboxylic acids is 1. The van der Waals surface area contributed by atoms with E-state index in [1.807, 2.05) is 0 Å². The minimum atomic E-state index is -6.19. The van der Waals surface area contributed by atoms with Crippen molar-refractivity contribution in [3.63, 3.8) is 0 Å². The molecule has 2 fully saturated rings. The van der Waals surface area contributed by atoms with Gasteiger partial charge in [-0.05, 0) is 86.4 Å². The molecule has 3 aromatic carbocycles. The van der Waals surface area contributed by atoms with Gasteiger partial charge in [0, 0.05) is 36.7 Å². The molecule has 0 atom stereocenters. The third-order valence-electron chi connectivity index (χ3n) is 9.83. The summed E-state index contributed by atoms with van der Waals surface area (Å²) in [5.74, 6) is -3.97. The standard InChI is InChI=1S/C35H33F9O5S/c36-26-8-10-27(11-9-26)50(46,47)32(16-12-22(13-17-32)20-31(45)23-14-18-48-19-15-23)24-4-6-25(7-5-24)33(34(39,40)41,35(42,43)44)49-21-28-29(37)2-1-3-30(28)38/h1-11,22-23H,12-21H2. The molecule has 0 unspecified atom stereocenters. The number of Topliss-reactive ketones (excluding diaryl/α,β-unsaturated/α-hetero) is 1. The van der Waals surface area contributed by atoms with Gasteiger partial charge in [-0.3, -0.25) is 4.79 Å². The molecular formula is C35H33F9O5S. The Bertz CT molecular complexity index is 1720. The zero-order chi connectivity index (χ0) is 36.5. The van der Waals surface area contributed by atoms with Crippen LogP contribution in [0.3, 0.4) is 0 Å². The molecule has 0 bridgehead atoms. The summed E-state index contributed by atoms with van der Waals surface area (Å²) in [6, 6.07) is 8.61. The van der Waals surface area contributed by atoms with Crippen LogP contribution in [0.25, 0.3) is 0 Å². The quantitative estimate of drug-likeness (QED) is 0.154. The van der Waals surface area contributed by atoms with E-state index in [9.17, 15) is 52.7 Å². The zero-order valence-electron chi connectivity index (χ0n) is 26.4. The van der Waals surface area contributed by atoms with E-state index in [4.69, 9.17) is 4.74 Å². The average molecular weight is 737 g/mol. The van der Waals surface area contributed by atoms with Crippen LogP contribution in [0.1, 0.15) is 61.6 Å². The lowest BCUT2D eigenvalue weighted by atomic mass is 9.74. The average Bonchev–Trinajstić information content (AvgIpc) is 3.06. The Kier molecular flexibility index (Phi) is 10.8. The lowest BCUT2D eigenvalue weighted by molar-refractivity contribution is -0.392. The number of ketones is 1. The maximum absolute atomic E-state index is 14.5. The number of hydrogen-bond acceptors (Lipinski definition) is 5. The van der Waals surface area contributed by atoms with Crippen molar-refractivity contribution in [2.75, 3.05) is 13.2 Å². The molecule has 0 N–H and O–H groups in total. The third-order valence-corrected chi connectivity index (χ3v) is 12.4. The molecule has 50 heavy (non-hydrogen) atoms. The van der Waals surface area contributed by atoms with Crippen molar-refractivity contribution in [1.29, 1.82) is 0 Å². The van der Waals surface area contributed by atoms with E-state index >= 15 is 0 Å². The molecule has 2 aliphatic rings. The molecule has 0 spiro atoms. The SMILES string of the molecule is O=C(CC1CCC(c2ccc(C(OCc3c(F)cccc3F)(C(F)(F)F)C(F)(F)F)cc2)(S(=O)(=O)c2ccc(F)cc2)CC1)C1CCOCC1. The van der Waals surface area contributed by atoms with Crippen molar-refractivity contribution in [3.8, 4) is 0 Å². The Balaban J connectivity index is 1.53. The zero-order valence-corrected chi connectivity index (χ0v) is 27.2. The molecule has 1 aliphatic heterocycles. The predicted octanol–water partition coefficient (Wildman–Crippen LogP) is 8.89. The summed E-state index contributed by atoms with van der Waals surface area (Å²) in [6.07, 6.45) is -10.9. The molecule has 1 saturated carbocycles. The second kappa shape index (κ2) is 14.3. The molecule has 15 heteroatoms.